The van der Waals surface area contributed by atoms with Crippen LogP contribution in [-0.2, 0) is 19.1 Å². The molecule has 2 aliphatic rings. The number of piperidine rings is 1. The second-order valence-electron chi connectivity index (χ2n) is 9.34. The Morgan fingerprint density at radius 1 is 1.10 bits per heavy atom. The molecule has 0 saturated carbocycles. The van der Waals surface area contributed by atoms with Gasteiger partial charge in [-0.2, -0.15) is 0 Å². The lowest BCUT2D eigenvalue weighted by Crippen LogP contribution is -2.43. The van der Waals surface area contributed by atoms with Crippen molar-refractivity contribution < 1.29 is 42.2 Å². The number of nitrogens with zero attached hydrogens (tertiary/aromatic N) is 2. The van der Waals surface area contributed by atoms with E-state index in [2.05, 4.69) is 0 Å². The highest BCUT2D eigenvalue weighted by Gasteiger charge is 2.30. The molecule has 0 bridgehead atoms. The zero-order valence-corrected chi connectivity index (χ0v) is 21.6. The summed E-state index contributed by atoms with van der Waals surface area (Å²) in [5.74, 6) is -3.12. The van der Waals surface area contributed by atoms with Crippen molar-refractivity contribution in [1.29, 1.82) is 0 Å². The molecule has 1 fully saturated rings. The number of rotatable bonds is 10. The first-order valence-electron chi connectivity index (χ1n) is 12.9. The van der Waals surface area contributed by atoms with Gasteiger partial charge in [0.15, 0.2) is 30.6 Å². The minimum atomic E-state index is -1.09. The first-order chi connectivity index (χ1) is 18.8. The molecule has 0 aliphatic carbocycles. The molecule has 0 radical (unpaired) electrons. The molecule has 208 valence electrons. The van der Waals surface area contributed by atoms with E-state index in [4.69, 9.17) is 14.2 Å². The van der Waals surface area contributed by atoms with Crippen LogP contribution < -0.4 is 14.4 Å². The largest absolute Gasteiger partial charge is 0.485 e. The Labute approximate surface area is 224 Å². The number of hydrogen-bond acceptors (Lipinski definition) is 7. The molecule has 2 heterocycles. The number of Topliss-reactive ketones (excluding diaryl/α,β-unsaturated/α-hetero) is 1. The lowest BCUT2D eigenvalue weighted by atomic mass is 9.98. The number of esters is 1. The Bertz CT molecular complexity index is 1250. The summed E-state index contributed by atoms with van der Waals surface area (Å²) in [6.07, 6.45) is 1.98. The smallest absolute Gasteiger partial charge is 0.310 e. The van der Waals surface area contributed by atoms with Gasteiger partial charge in [-0.15, -0.1) is 0 Å². The van der Waals surface area contributed by atoms with Crippen molar-refractivity contribution in [1.82, 2.24) is 4.90 Å². The van der Waals surface area contributed by atoms with Crippen LogP contribution in [0.1, 0.15) is 43.0 Å². The Morgan fingerprint density at radius 2 is 1.92 bits per heavy atom. The number of anilines is 1. The third kappa shape index (κ3) is 6.90. The highest BCUT2D eigenvalue weighted by molar-refractivity contribution is 6.02. The molecule has 9 nitrogen and oxygen atoms in total. The number of carbonyl (C=O) groups is 4. The zero-order valence-electron chi connectivity index (χ0n) is 21.6. The number of fused-ring (bicyclic) bond motifs is 1. The van der Waals surface area contributed by atoms with Gasteiger partial charge in [0.25, 0.3) is 5.91 Å². The van der Waals surface area contributed by atoms with Crippen LogP contribution in [0.15, 0.2) is 36.4 Å². The average Bonchev–Trinajstić information content (AvgIpc) is 2.94. The highest BCUT2D eigenvalue weighted by Crippen LogP contribution is 2.33. The minimum Gasteiger partial charge on any atom is -0.485 e. The quantitative estimate of drug-likeness (QED) is 0.333. The molecule has 39 heavy (non-hydrogen) atoms. The van der Waals surface area contributed by atoms with Crippen molar-refractivity contribution in [3.8, 4) is 11.5 Å². The summed E-state index contributed by atoms with van der Waals surface area (Å²) in [6.45, 7) is 2.60. The van der Waals surface area contributed by atoms with E-state index in [1.54, 1.807) is 17.9 Å². The second kappa shape index (κ2) is 12.7. The average molecular weight is 545 g/mol. The van der Waals surface area contributed by atoms with E-state index in [0.29, 0.717) is 44.0 Å². The SMILES string of the molecule is CCOC(=O)C1CCCN(C(=O)CCCN2C(=O)COc3ccc(C(=O)COc4ccc(F)c(F)c4)cc32)C1. The Hall–Kier alpha value is -4.02. The summed E-state index contributed by atoms with van der Waals surface area (Å²) in [7, 11) is 0. The van der Waals surface area contributed by atoms with Gasteiger partial charge in [0.2, 0.25) is 5.91 Å². The topological polar surface area (TPSA) is 102 Å². The monoisotopic (exact) mass is 544 g/mol. The van der Waals surface area contributed by atoms with Gasteiger partial charge in [-0.05, 0) is 56.5 Å². The summed E-state index contributed by atoms with van der Waals surface area (Å²) in [5.41, 5.74) is 0.645. The number of benzene rings is 2. The zero-order chi connectivity index (χ0) is 27.9. The van der Waals surface area contributed by atoms with Crippen molar-refractivity contribution in [2.24, 2.45) is 5.92 Å². The van der Waals surface area contributed by atoms with E-state index in [9.17, 15) is 28.0 Å². The number of ketones is 1. The molecule has 11 heteroatoms. The van der Waals surface area contributed by atoms with Gasteiger partial charge in [0, 0.05) is 37.7 Å². The van der Waals surface area contributed by atoms with Crippen LogP contribution in [0.3, 0.4) is 0 Å². The molecule has 1 unspecified atom stereocenters. The van der Waals surface area contributed by atoms with E-state index < -0.39 is 24.0 Å². The molecule has 2 aromatic carbocycles. The maximum Gasteiger partial charge on any atom is 0.310 e. The summed E-state index contributed by atoms with van der Waals surface area (Å²) >= 11 is 0. The van der Waals surface area contributed by atoms with Crippen LogP contribution in [-0.4, -0.2) is 67.9 Å². The van der Waals surface area contributed by atoms with E-state index >= 15 is 0 Å². The normalized spacial score (nSPS) is 16.8. The van der Waals surface area contributed by atoms with Crippen LogP contribution >= 0.6 is 0 Å². The van der Waals surface area contributed by atoms with Gasteiger partial charge < -0.3 is 24.0 Å². The fourth-order valence-electron chi connectivity index (χ4n) is 4.62. The van der Waals surface area contributed by atoms with E-state index in [0.717, 1.165) is 18.6 Å². The van der Waals surface area contributed by atoms with Gasteiger partial charge in [-0.25, -0.2) is 8.78 Å². The number of hydrogen-bond donors (Lipinski definition) is 0. The van der Waals surface area contributed by atoms with E-state index in [-0.39, 0.29) is 54.6 Å². The minimum absolute atomic E-state index is 0.00676. The summed E-state index contributed by atoms with van der Waals surface area (Å²) < 4.78 is 42.4. The van der Waals surface area contributed by atoms with Gasteiger partial charge in [0.1, 0.15) is 11.5 Å². The number of likely N-dealkylation sites (tertiary alicyclic amines) is 1. The Balaban J connectivity index is 1.35. The van der Waals surface area contributed by atoms with Gasteiger partial charge in [0.05, 0.1) is 18.2 Å². The van der Waals surface area contributed by atoms with Gasteiger partial charge in [-0.3, -0.25) is 19.2 Å². The summed E-state index contributed by atoms with van der Waals surface area (Å²) in [4.78, 5) is 53.4. The first kappa shape index (κ1) is 28.0. The van der Waals surface area contributed by atoms with Crippen molar-refractivity contribution in [2.75, 3.05) is 44.4 Å². The maximum absolute atomic E-state index is 13.4. The van der Waals surface area contributed by atoms with Crippen LogP contribution in [0.5, 0.6) is 11.5 Å². The summed E-state index contributed by atoms with van der Waals surface area (Å²) in [6, 6.07) is 7.60. The summed E-state index contributed by atoms with van der Waals surface area (Å²) in [5, 5.41) is 0. The second-order valence-corrected chi connectivity index (χ2v) is 9.34. The predicted octanol–water partition coefficient (Wildman–Crippen LogP) is 3.53. The van der Waals surface area contributed by atoms with E-state index in [1.807, 2.05) is 0 Å². The predicted molar refractivity (Wildman–Crippen MR) is 136 cm³/mol. The molecular weight excluding hydrogens is 514 g/mol. The number of ether oxygens (including phenoxy) is 3. The molecule has 2 aromatic rings. The standard InChI is InChI=1S/C28H30F2N2O7/c1-2-37-28(36)19-5-3-11-31(15-19)26(34)6-4-12-32-23-13-18(7-10-25(23)39-17-27(32)35)24(33)16-38-20-8-9-21(29)22(30)14-20/h7-10,13-14,19H,2-6,11-12,15-17H2,1H3. The number of carbonyl (C=O) groups excluding carboxylic acids is 4. The Kier molecular flexibility index (Phi) is 9.11. The lowest BCUT2D eigenvalue weighted by molar-refractivity contribution is -0.151. The number of halogens is 2. The third-order valence-corrected chi connectivity index (χ3v) is 6.65. The van der Waals surface area contributed by atoms with Crippen molar-refractivity contribution in [3.63, 3.8) is 0 Å². The highest BCUT2D eigenvalue weighted by atomic mass is 19.2. The molecule has 0 N–H and O–H groups in total. The van der Waals surface area contributed by atoms with Crippen LogP contribution in [0, 0.1) is 17.6 Å². The number of amides is 2. The fraction of sp³-hybridized carbons (Fsp3) is 0.429. The third-order valence-electron chi connectivity index (χ3n) is 6.65. The lowest BCUT2D eigenvalue weighted by Gasteiger charge is -2.32. The van der Waals surface area contributed by atoms with Crippen LogP contribution in [0.25, 0.3) is 0 Å². The molecule has 1 atom stereocenters. The molecular formula is C28H30F2N2O7. The van der Waals surface area contributed by atoms with Crippen molar-refractivity contribution in [3.05, 3.63) is 53.6 Å². The molecule has 2 amide bonds. The van der Waals surface area contributed by atoms with E-state index in [1.165, 1.54) is 23.1 Å². The Morgan fingerprint density at radius 3 is 2.69 bits per heavy atom. The van der Waals surface area contributed by atoms with Crippen molar-refractivity contribution in [2.45, 2.75) is 32.6 Å². The van der Waals surface area contributed by atoms with Gasteiger partial charge in [-0.1, -0.05) is 0 Å². The molecule has 0 aromatic heterocycles. The molecule has 0 spiro atoms. The molecule has 4 rings (SSSR count). The molecule has 2 aliphatic heterocycles. The molecule has 1 saturated heterocycles. The maximum atomic E-state index is 13.4. The van der Waals surface area contributed by atoms with Gasteiger partial charge >= 0.3 is 5.97 Å². The van der Waals surface area contributed by atoms with Crippen molar-refractivity contribution >= 4 is 29.3 Å². The first-order valence-corrected chi connectivity index (χ1v) is 12.9. The van der Waals surface area contributed by atoms with Crippen LogP contribution in [0.2, 0.25) is 0 Å². The van der Waals surface area contributed by atoms with Crippen LogP contribution in [0.4, 0.5) is 14.5 Å². The fourth-order valence-corrected chi connectivity index (χ4v) is 4.62.